The molecule has 0 bridgehead atoms. The fourth-order valence-corrected chi connectivity index (χ4v) is 2.31. The van der Waals surface area contributed by atoms with Crippen molar-refractivity contribution in [1.29, 1.82) is 0 Å². The fourth-order valence-electron chi connectivity index (χ4n) is 2.31. The van der Waals surface area contributed by atoms with Gasteiger partial charge < -0.3 is 26.0 Å². The van der Waals surface area contributed by atoms with Crippen LogP contribution in [0.2, 0.25) is 0 Å². The van der Waals surface area contributed by atoms with Crippen molar-refractivity contribution in [3.8, 4) is 0 Å². The highest BCUT2D eigenvalue weighted by Crippen LogP contribution is 2.13. The number of carbonyl (C=O) groups is 1. The second-order valence-electron chi connectivity index (χ2n) is 5.16. The first-order chi connectivity index (χ1) is 9.49. The predicted octanol–water partition coefficient (Wildman–Crippen LogP) is -1.52. The summed E-state index contributed by atoms with van der Waals surface area (Å²) >= 11 is 0. The highest BCUT2D eigenvalue weighted by molar-refractivity contribution is 5.82. The van der Waals surface area contributed by atoms with E-state index in [1.807, 2.05) is 30.3 Å². The second-order valence-corrected chi connectivity index (χ2v) is 5.16. The maximum atomic E-state index is 12.1. The zero-order chi connectivity index (χ0) is 14.7. The normalized spacial score (nSPS) is 25.5. The van der Waals surface area contributed by atoms with Crippen molar-refractivity contribution in [3.05, 3.63) is 35.9 Å². The van der Waals surface area contributed by atoms with Gasteiger partial charge in [-0.1, -0.05) is 30.3 Å². The summed E-state index contributed by atoms with van der Waals surface area (Å²) in [5, 5.41) is 28.9. The van der Waals surface area contributed by atoms with Gasteiger partial charge in [-0.25, -0.2) is 0 Å². The van der Waals surface area contributed by atoms with Gasteiger partial charge in [0, 0.05) is 19.5 Å². The number of amides is 1. The van der Waals surface area contributed by atoms with Gasteiger partial charge in [0.1, 0.15) is 6.04 Å². The molecule has 1 aromatic carbocycles. The van der Waals surface area contributed by atoms with Crippen molar-refractivity contribution in [3.63, 3.8) is 0 Å². The van der Waals surface area contributed by atoms with Crippen molar-refractivity contribution in [2.75, 3.05) is 13.1 Å². The molecule has 6 nitrogen and oxygen atoms in total. The number of carbonyl (C=O) groups excluding carboxylic acids is 1. The van der Waals surface area contributed by atoms with Crippen LogP contribution in [0.1, 0.15) is 5.56 Å². The van der Waals surface area contributed by atoms with Crippen LogP contribution in [-0.2, 0) is 11.2 Å². The maximum Gasteiger partial charge on any atom is 0.242 e. The van der Waals surface area contributed by atoms with Crippen LogP contribution in [0.15, 0.2) is 30.3 Å². The van der Waals surface area contributed by atoms with E-state index in [1.54, 1.807) is 0 Å². The molecule has 0 aliphatic carbocycles. The number of likely N-dealkylation sites (tertiary alicyclic amines) is 1. The quantitative estimate of drug-likeness (QED) is 0.536. The Morgan fingerprint density at radius 1 is 1.25 bits per heavy atom. The molecule has 1 aliphatic rings. The number of aliphatic hydroxyl groups excluding tert-OH is 3. The molecule has 6 heteroatoms. The Morgan fingerprint density at radius 3 is 2.35 bits per heavy atom. The van der Waals surface area contributed by atoms with E-state index in [0.717, 1.165) is 5.56 Å². The van der Waals surface area contributed by atoms with E-state index in [1.165, 1.54) is 4.90 Å². The van der Waals surface area contributed by atoms with Crippen LogP contribution in [0, 0.1) is 0 Å². The van der Waals surface area contributed by atoms with Crippen molar-refractivity contribution in [2.45, 2.75) is 30.8 Å². The van der Waals surface area contributed by atoms with E-state index in [2.05, 4.69) is 0 Å². The Hall–Kier alpha value is -1.47. The standard InChI is InChI=1S/C14H20N2O4/c15-13(10(17)6-9-4-2-1-3-5-9)14(20)16-7-11(18)12(19)8-16/h1-5,10-13,17-19H,6-8,15H2/t10-,11-,12+,13+/m0/s1. The molecule has 0 radical (unpaired) electrons. The number of aliphatic hydroxyl groups is 3. The van der Waals surface area contributed by atoms with Crippen LogP contribution in [0.4, 0.5) is 0 Å². The third-order valence-corrected chi connectivity index (χ3v) is 3.56. The van der Waals surface area contributed by atoms with Gasteiger partial charge in [-0.3, -0.25) is 4.79 Å². The lowest BCUT2D eigenvalue weighted by Crippen LogP contribution is -2.50. The number of nitrogens with two attached hydrogens (primary N) is 1. The van der Waals surface area contributed by atoms with E-state index >= 15 is 0 Å². The minimum absolute atomic E-state index is 0.0474. The largest absolute Gasteiger partial charge is 0.391 e. The van der Waals surface area contributed by atoms with Crippen molar-refractivity contribution in [1.82, 2.24) is 4.90 Å². The zero-order valence-corrected chi connectivity index (χ0v) is 11.1. The van der Waals surface area contributed by atoms with Gasteiger partial charge in [-0.05, 0) is 5.56 Å². The maximum absolute atomic E-state index is 12.1. The molecule has 0 saturated carbocycles. The SMILES string of the molecule is N[C@@H](C(=O)N1C[C@@H](O)[C@@H](O)C1)[C@@H](O)Cc1ccccc1. The molecule has 1 saturated heterocycles. The van der Waals surface area contributed by atoms with Crippen LogP contribution in [0.25, 0.3) is 0 Å². The topological polar surface area (TPSA) is 107 Å². The van der Waals surface area contributed by atoms with E-state index < -0.39 is 30.3 Å². The highest BCUT2D eigenvalue weighted by atomic mass is 16.3. The summed E-state index contributed by atoms with van der Waals surface area (Å²) in [5.41, 5.74) is 6.67. The minimum Gasteiger partial charge on any atom is -0.391 e. The summed E-state index contributed by atoms with van der Waals surface area (Å²) in [6, 6.07) is 8.21. The number of β-amino-alcohol motifs (C(OH)–C–C–N with tert-alkyl or cyclic N) is 2. The molecule has 110 valence electrons. The Morgan fingerprint density at radius 2 is 1.80 bits per heavy atom. The summed E-state index contributed by atoms with van der Waals surface area (Å²) in [6.45, 7) is 0.0948. The molecule has 0 unspecified atom stereocenters. The number of hydrogen-bond acceptors (Lipinski definition) is 5. The van der Waals surface area contributed by atoms with Crippen LogP contribution in [0.3, 0.4) is 0 Å². The number of nitrogens with zero attached hydrogens (tertiary/aromatic N) is 1. The lowest BCUT2D eigenvalue weighted by Gasteiger charge is -2.24. The summed E-state index contributed by atoms with van der Waals surface area (Å²) < 4.78 is 0. The molecule has 1 fully saturated rings. The Labute approximate surface area is 117 Å². The molecule has 1 aromatic rings. The van der Waals surface area contributed by atoms with Gasteiger partial charge in [0.05, 0.1) is 18.3 Å². The van der Waals surface area contributed by atoms with Gasteiger partial charge in [0.15, 0.2) is 0 Å². The first-order valence-corrected chi connectivity index (χ1v) is 6.61. The fraction of sp³-hybridized carbons (Fsp3) is 0.500. The lowest BCUT2D eigenvalue weighted by molar-refractivity contribution is -0.134. The predicted molar refractivity (Wildman–Crippen MR) is 72.7 cm³/mol. The van der Waals surface area contributed by atoms with Gasteiger partial charge in [-0.2, -0.15) is 0 Å². The molecular weight excluding hydrogens is 260 g/mol. The molecular formula is C14H20N2O4. The van der Waals surface area contributed by atoms with E-state index in [0.29, 0.717) is 0 Å². The first-order valence-electron chi connectivity index (χ1n) is 6.61. The van der Waals surface area contributed by atoms with Crippen molar-refractivity contribution < 1.29 is 20.1 Å². The van der Waals surface area contributed by atoms with Gasteiger partial charge in [-0.15, -0.1) is 0 Å². The van der Waals surface area contributed by atoms with Crippen molar-refractivity contribution >= 4 is 5.91 Å². The molecule has 0 spiro atoms. The minimum atomic E-state index is -1.06. The summed E-state index contributed by atoms with van der Waals surface area (Å²) in [4.78, 5) is 13.4. The number of hydrogen-bond donors (Lipinski definition) is 4. The molecule has 1 aliphatic heterocycles. The van der Waals surface area contributed by atoms with Gasteiger partial charge >= 0.3 is 0 Å². The lowest BCUT2D eigenvalue weighted by atomic mass is 10.0. The third kappa shape index (κ3) is 3.34. The van der Waals surface area contributed by atoms with Gasteiger partial charge in [0.25, 0.3) is 0 Å². The Bertz CT molecular complexity index is 444. The molecule has 1 heterocycles. The number of benzene rings is 1. The average Bonchev–Trinajstić information content (AvgIpc) is 2.78. The van der Waals surface area contributed by atoms with E-state index in [4.69, 9.17) is 5.73 Å². The second kappa shape index (κ2) is 6.32. The van der Waals surface area contributed by atoms with Gasteiger partial charge in [0.2, 0.25) is 5.91 Å². The van der Waals surface area contributed by atoms with Crippen molar-refractivity contribution in [2.24, 2.45) is 5.73 Å². The van der Waals surface area contributed by atoms with E-state index in [-0.39, 0.29) is 19.5 Å². The summed E-state index contributed by atoms with van der Waals surface area (Å²) in [6.07, 6.45) is -2.61. The zero-order valence-electron chi connectivity index (χ0n) is 11.1. The monoisotopic (exact) mass is 280 g/mol. The Balaban J connectivity index is 1.93. The third-order valence-electron chi connectivity index (χ3n) is 3.56. The average molecular weight is 280 g/mol. The molecule has 5 N–H and O–H groups in total. The Kier molecular flexibility index (Phi) is 4.72. The van der Waals surface area contributed by atoms with E-state index in [9.17, 15) is 20.1 Å². The molecule has 2 rings (SSSR count). The highest BCUT2D eigenvalue weighted by Gasteiger charge is 2.36. The molecule has 4 atom stereocenters. The summed E-state index contributed by atoms with van der Waals surface area (Å²) in [7, 11) is 0. The first kappa shape index (κ1) is 14.9. The smallest absolute Gasteiger partial charge is 0.242 e. The van der Waals surface area contributed by atoms with Crippen LogP contribution >= 0.6 is 0 Å². The van der Waals surface area contributed by atoms with Crippen LogP contribution < -0.4 is 5.73 Å². The molecule has 1 amide bonds. The van der Waals surface area contributed by atoms with Crippen LogP contribution in [-0.4, -0.2) is 63.6 Å². The number of rotatable bonds is 4. The summed E-state index contributed by atoms with van der Waals surface area (Å²) in [5.74, 6) is -0.455. The van der Waals surface area contributed by atoms with Crippen LogP contribution in [0.5, 0.6) is 0 Å². The molecule has 20 heavy (non-hydrogen) atoms. The molecule has 0 aromatic heterocycles.